The van der Waals surface area contributed by atoms with Crippen molar-refractivity contribution in [2.24, 2.45) is 0 Å². The Hall–Kier alpha value is -2.86. The van der Waals surface area contributed by atoms with Crippen molar-refractivity contribution in [3.8, 4) is 5.75 Å². The van der Waals surface area contributed by atoms with E-state index < -0.39 is 0 Å². The van der Waals surface area contributed by atoms with E-state index in [2.05, 4.69) is 31.5 Å². The Morgan fingerprint density at radius 3 is 2.64 bits per heavy atom. The van der Waals surface area contributed by atoms with E-state index in [9.17, 15) is 4.79 Å². The fourth-order valence-electron chi connectivity index (χ4n) is 2.29. The summed E-state index contributed by atoms with van der Waals surface area (Å²) in [6.45, 7) is 0. The molecule has 0 aliphatic rings. The molecule has 0 atom stereocenters. The van der Waals surface area contributed by atoms with E-state index in [1.165, 1.54) is 0 Å². The number of hydrogen-bond acceptors (Lipinski definition) is 4. The minimum atomic E-state index is -0.239. The van der Waals surface area contributed by atoms with E-state index in [0.29, 0.717) is 17.1 Å². The van der Waals surface area contributed by atoms with Crippen LogP contribution >= 0.6 is 15.9 Å². The predicted octanol–water partition coefficient (Wildman–Crippen LogP) is 4.85. The Morgan fingerprint density at radius 1 is 1.04 bits per heavy atom. The number of ether oxygens (including phenoxy) is 1. The molecule has 0 bridgehead atoms. The van der Waals surface area contributed by atoms with Crippen LogP contribution in [0.2, 0.25) is 0 Å². The first-order valence-corrected chi connectivity index (χ1v) is 8.38. The van der Waals surface area contributed by atoms with Crippen LogP contribution < -0.4 is 15.4 Å². The Bertz CT molecular complexity index is 899. The second kappa shape index (κ2) is 7.81. The second-order valence-electron chi connectivity index (χ2n) is 5.22. The summed E-state index contributed by atoms with van der Waals surface area (Å²) in [6, 6.07) is 18.3. The van der Waals surface area contributed by atoms with Crippen molar-refractivity contribution in [1.29, 1.82) is 0 Å². The van der Waals surface area contributed by atoms with Crippen LogP contribution in [-0.4, -0.2) is 18.0 Å². The maximum Gasteiger partial charge on any atom is 0.259 e. The number of carbonyl (C=O) groups excluding carboxylic acids is 1. The van der Waals surface area contributed by atoms with Crippen molar-refractivity contribution in [2.75, 3.05) is 17.7 Å². The number of benzene rings is 2. The van der Waals surface area contributed by atoms with Crippen LogP contribution in [0.25, 0.3) is 0 Å². The Labute approximate surface area is 154 Å². The molecule has 0 saturated heterocycles. The summed E-state index contributed by atoms with van der Waals surface area (Å²) in [6.07, 6.45) is 1.64. The molecule has 0 aliphatic heterocycles. The van der Waals surface area contributed by atoms with Crippen LogP contribution in [0.15, 0.2) is 71.3 Å². The summed E-state index contributed by atoms with van der Waals surface area (Å²) < 4.78 is 6.11. The molecular formula is C19H16BrN3O2. The molecule has 2 N–H and O–H groups in total. The molecule has 0 aliphatic carbocycles. The summed E-state index contributed by atoms with van der Waals surface area (Å²) in [4.78, 5) is 16.9. The maximum absolute atomic E-state index is 12.6. The van der Waals surface area contributed by atoms with Gasteiger partial charge in [-0.2, -0.15) is 0 Å². The number of rotatable bonds is 5. The van der Waals surface area contributed by atoms with Gasteiger partial charge in [0.15, 0.2) is 0 Å². The molecule has 25 heavy (non-hydrogen) atoms. The van der Waals surface area contributed by atoms with Gasteiger partial charge in [0, 0.05) is 28.1 Å². The molecule has 0 spiro atoms. The molecule has 1 heterocycles. The van der Waals surface area contributed by atoms with Gasteiger partial charge in [0.1, 0.15) is 11.6 Å². The highest BCUT2D eigenvalue weighted by Crippen LogP contribution is 2.23. The van der Waals surface area contributed by atoms with Gasteiger partial charge < -0.3 is 15.4 Å². The normalized spacial score (nSPS) is 10.2. The van der Waals surface area contributed by atoms with Crippen LogP contribution in [0.3, 0.4) is 0 Å². The van der Waals surface area contributed by atoms with Crippen molar-refractivity contribution in [2.45, 2.75) is 0 Å². The number of pyridine rings is 1. The second-order valence-corrected chi connectivity index (χ2v) is 6.14. The Kier molecular flexibility index (Phi) is 5.30. The molecule has 3 rings (SSSR count). The minimum absolute atomic E-state index is 0.239. The highest BCUT2D eigenvalue weighted by atomic mass is 79.9. The van der Waals surface area contributed by atoms with Crippen LogP contribution in [0.5, 0.6) is 5.75 Å². The SMILES string of the molecule is COc1cccc(Nc2ncccc2C(=O)Nc2cccc(Br)c2)c1. The van der Waals surface area contributed by atoms with Gasteiger partial charge in [0.25, 0.3) is 5.91 Å². The quantitative estimate of drug-likeness (QED) is 0.645. The fourth-order valence-corrected chi connectivity index (χ4v) is 2.69. The molecule has 6 heteroatoms. The van der Waals surface area contributed by atoms with E-state index in [1.54, 1.807) is 25.4 Å². The van der Waals surface area contributed by atoms with Gasteiger partial charge in [0.2, 0.25) is 0 Å². The van der Waals surface area contributed by atoms with Crippen LogP contribution in [-0.2, 0) is 0 Å². The monoisotopic (exact) mass is 397 g/mol. The molecule has 1 aromatic heterocycles. The van der Waals surface area contributed by atoms with Crippen molar-refractivity contribution in [3.05, 3.63) is 76.9 Å². The molecule has 1 amide bonds. The number of nitrogens with one attached hydrogen (secondary N) is 2. The largest absolute Gasteiger partial charge is 0.497 e. The van der Waals surface area contributed by atoms with Gasteiger partial charge in [-0.25, -0.2) is 4.98 Å². The highest BCUT2D eigenvalue weighted by Gasteiger charge is 2.13. The van der Waals surface area contributed by atoms with Crippen molar-refractivity contribution < 1.29 is 9.53 Å². The average molecular weight is 398 g/mol. The lowest BCUT2D eigenvalue weighted by Crippen LogP contribution is -2.14. The number of methoxy groups -OCH3 is 1. The molecule has 0 fully saturated rings. The van der Waals surface area contributed by atoms with E-state index in [4.69, 9.17) is 4.74 Å². The Balaban J connectivity index is 1.83. The number of aromatic nitrogens is 1. The first-order chi connectivity index (χ1) is 12.2. The molecule has 0 radical (unpaired) electrons. The topological polar surface area (TPSA) is 63.2 Å². The number of carbonyl (C=O) groups is 1. The van der Waals surface area contributed by atoms with Gasteiger partial charge in [-0.15, -0.1) is 0 Å². The van der Waals surface area contributed by atoms with E-state index >= 15 is 0 Å². The number of anilines is 3. The summed E-state index contributed by atoms with van der Waals surface area (Å²) in [5.41, 5.74) is 1.94. The smallest absolute Gasteiger partial charge is 0.259 e. The first kappa shape index (κ1) is 17.0. The van der Waals surface area contributed by atoms with Gasteiger partial charge in [-0.1, -0.05) is 28.1 Å². The third-order valence-corrected chi connectivity index (χ3v) is 3.96. The first-order valence-electron chi connectivity index (χ1n) is 7.59. The van der Waals surface area contributed by atoms with Crippen molar-refractivity contribution in [3.63, 3.8) is 0 Å². The van der Waals surface area contributed by atoms with Crippen LogP contribution in [0.4, 0.5) is 17.2 Å². The number of hydrogen-bond donors (Lipinski definition) is 2. The fraction of sp³-hybridized carbons (Fsp3) is 0.0526. The lowest BCUT2D eigenvalue weighted by Gasteiger charge is -2.12. The number of amides is 1. The lowest BCUT2D eigenvalue weighted by atomic mass is 10.2. The van der Waals surface area contributed by atoms with Crippen LogP contribution in [0.1, 0.15) is 10.4 Å². The summed E-state index contributed by atoms with van der Waals surface area (Å²) in [7, 11) is 1.61. The van der Waals surface area contributed by atoms with Gasteiger partial charge in [-0.05, 0) is 42.5 Å². The van der Waals surface area contributed by atoms with E-state index in [0.717, 1.165) is 15.9 Å². The third kappa shape index (κ3) is 4.36. The summed E-state index contributed by atoms with van der Waals surface area (Å²) in [5.74, 6) is 0.959. The molecule has 2 aromatic carbocycles. The molecule has 3 aromatic rings. The number of nitrogens with zero attached hydrogens (tertiary/aromatic N) is 1. The van der Waals surface area contributed by atoms with Crippen molar-refractivity contribution >= 4 is 39.0 Å². The molecule has 5 nitrogen and oxygen atoms in total. The third-order valence-electron chi connectivity index (χ3n) is 3.47. The van der Waals surface area contributed by atoms with Gasteiger partial charge in [0.05, 0.1) is 12.7 Å². The average Bonchev–Trinajstić information content (AvgIpc) is 2.62. The van der Waals surface area contributed by atoms with Gasteiger partial charge in [-0.3, -0.25) is 4.79 Å². The van der Waals surface area contributed by atoms with E-state index in [-0.39, 0.29) is 5.91 Å². The molecule has 0 saturated carbocycles. The summed E-state index contributed by atoms with van der Waals surface area (Å²) in [5, 5.41) is 6.04. The molecular weight excluding hydrogens is 382 g/mol. The highest BCUT2D eigenvalue weighted by molar-refractivity contribution is 9.10. The van der Waals surface area contributed by atoms with E-state index in [1.807, 2.05) is 48.5 Å². The van der Waals surface area contributed by atoms with Crippen molar-refractivity contribution in [1.82, 2.24) is 4.98 Å². The van der Waals surface area contributed by atoms with Gasteiger partial charge >= 0.3 is 0 Å². The zero-order valence-corrected chi connectivity index (χ0v) is 15.1. The number of halogens is 1. The lowest BCUT2D eigenvalue weighted by molar-refractivity contribution is 0.102. The molecule has 0 unspecified atom stereocenters. The Morgan fingerprint density at radius 2 is 1.84 bits per heavy atom. The predicted molar refractivity (Wildman–Crippen MR) is 103 cm³/mol. The zero-order valence-electron chi connectivity index (χ0n) is 13.5. The zero-order chi connectivity index (χ0) is 17.6. The summed E-state index contributed by atoms with van der Waals surface area (Å²) >= 11 is 3.39. The standard InChI is InChI=1S/C19H16BrN3O2/c1-25-16-8-3-7-15(12-16)22-18-17(9-4-10-21-18)19(24)23-14-6-2-5-13(20)11-14/h2-12H,1H3,(H,21,22)(H,23,24). The molecule has 126 valence electrons. The van der Waals surface area contributed by atoms with Crippen LogP contribution in [0, 0.1) is 0 Å². The maximum atomic E-state index is 12.6. The minimum Gasteiger partial charge on any atom is -0.497 e.